The van der Waals surface area contributed by atoms with Crippen LogP contribution in [0.2, 0.25) is 0 Å². The molecule has 2 aliphatic rings. The van der Waals surface area contributed by atoms with Gasteiger partial charge in [0, 0.05) is 6.04 Å². The van der Waals surface area contributed by atoms with E-state index in [-0.39, 0.29) is 18.1 Å². The predicted octanol–water partition coefficient (Wildman–Crippen LogP) is 0.617. The number of morpholine rings is 1. The molecule has 0 aromatic heterocycles. The van der Waals surface area contributed by atoms with Crippen molar-refractivity contribution >= 4 is 6.09 Å². The van der Waals surface area contributed by atoms with Gasteiger partial charge in [0.25, 0.3) is 0 Å². The number of carbonyl (C=O) groups excluding carboxylic acids is 1. The second-order valence-electron chi connectivity index (χ2n) is 6.10. The molecule has 6 heteroatoms. The van der Waals surface area contributed by atoms with Gasteiger partial charge < -0.3 is 15.2 Å². The number of piperidine rings is 1. The third-order valence-corrected chi connectivity index (χ3v) is 3.18. The van der Waals surface area contributed by atoms with Gasteiger partial charge in [0.1, 0.15) is 5.60 Å². The molecule has 3 N–H and O–H groups in total. The Labute approximate surface area is 108 Å². The molecule has 2 aliphatic heterocycles. The second-order valence-corrected chi connectivity index (χ2v) is 6.10. The minimum Gasteiger partial charge on any atom is -0.443 e. The Morgan fingerprint density at radius 2 is 1.89 bits per heavy atom. The van der Waals surface area contributed by atoms with Gasteiger partial charge in [-0.1, -0.05) is 0 Å². The summed E-state index contributed by atoms with van der Waals surface area (Å²) in [5.41, 5.74) is 8.34. The summed E-state index contributed by atoms with van der Waals surface area (Å²) in [5, 5.41) is 1.96. The molecule has 1 amide bonds. The van der Waals surface area contributed by atoms with Gasteiger partial charge in [-0.2, -0.15) is 0 Å². The first-order chi connectivity index (χ1) is 8.35. The van der Waals surface area contributed by atoms with E-state index in [1.54, 1.807) is 0 Å². The van der Waals surface area contributed by atoms with Crippen LogP contribution in [-0.4, -0.2) is 48.0 Å². The number of hydrogen-bond acceptors (Lipinski definition) is 5. The number of ether oxygens (including phenoxy) is 2. The molecule has 0 saturated carbocycles. The van der Waals surface area contributed by atoms with Crippen LogP contribution in [-0.2, 0) is 9.47 Å². The van der Waals surface area contributed by atoms with Crippen molar-refractivity contribution in [1.82, 2.24) is 10.4 Å². The lowest BCUT2D eigenvalue weighted by Gasteiger charge is -2.47. The van der Waals surface area contributed by atoms with Gasteiger partial charge in [-0.25, -0.2) is 9.80 Å². The number of nitrogens with two attached hydrogens (primary N) is 1. The first-order valence-electron chi connectivity index (χ1n) is 6.46. The van der Waals surface area contributed by atoms with Crippen molar-refractivity contribution in [2.45, 2.75) is 57.3 Å². The van der Waals surface area contributed by atoms with Crippen LogP contribution in [0.5, 0.6) is 0 Å². The van der Waals surface area contributed by atoms with Crippen LogP contribution in [0.4, 0.5) is 4.79 Å². The van der Waals surface area contributed by atoms with Crippen LogP contribution in [0.25, 0.3) is 0 Å². The van der Waals surface area contributed by atoms with E-state index in [4.69, 9.17) is 15.2 Å². The highest BCUT2D eigenvalue weighted by Gasteiger charge is 2.39. The standard InChI is InChI=1S/C12H23N3O3/c1-12(2,3)18-11(16)14-15-9-4-8(13)5-10(15)7-17-6-9/h8-10H,4-7,13H2,1-3H3,(H,14,16)/t8?,9-,10+. The molecule has 1 unspecified atom stereocenters. The van der Waals surface area contributed by atoms with Gasteiger partial charge in [-0.05, 0) is 33.6 Å². The van der Waals surface area contributed by atoms with Gasteiger partial charge >= 0.3 is 6.09 Å². The quantitative estimate of drug-likeness (QED) is 0.720. The van der Waals surface area contributed by atoms with Crippen LogP contribution < -0.4 is 11.2 Å². The Balaban J connectivity index is 1.94. The van der Waals surface area contributed by atoms with Crippen LogP contribution in [0.3, 0.4) is 0 Å². The minimum atomic E-state index is -0.484. The summed E-state index contributed by atoms with van der Waals surface area (Å²) in [6, 6.07) is 0.501. The van der Waals surface area contributed by atoms with E-state index < -0.39 is 11.7 Å². The van der Waals surface area contributed by atoms with Gasteiger partial charge in [-0.15, -0.1) is 0 Å². The van der Waals surface area contributed by atoms with Gasteiger partial charge in [0.15, 0.2) is 0 Å². The summed E-state index contributed by atoms with van der Waals surface area (Å²) in [6.45, 7) is 6.77. The molecule has 104 valence electrons. The Kier molecular flexibility index (Phi) is 3.79. The van der Waals surface area contributed by atoms with Crippen LogP contribution in [0, 0.1) is 0 Å². The lowest BCUT2D eigenvalue weighted by Crippen LogP contribution is -2.65. The Bertz CT molecular complexity index is 302. The largest absolute Gasteiger partial charge is 0.443 e. The van der Waals surface area contributed by atoms with E-state index >= 15 is 0 Å². The van der Waals surface area contributed by atoms with Crippen molar-refractivity contribution in [1.29, 1.82) is 0 Å². The molecule has 3 atom stereocenters. The Morgan fingerprint density at radius 1 is 1.33 bits per heavy atom. The zero-order valence-corrected chi connectivity index (χ0v) is 11.3. The van der Waals surface area contributed by atoms with E-state index in [1.807, 2.05) is 25.8 Å². The summed E-state index contributed by atoms with van der Waals surface area (Å²) in [7, 11) is 0. The third-order valence-electron chi connectivity index (χ3n) is 3.18. The highest BCUT2D eigenvalue weighted by atomic mass is 16.6. The van der Waals surface area contributed by atoms with Crippen molar-refractivity contribution < 1.29 is 14.3 Å². The lowest BCUT2D eigenvalue weighted by atomic mass is 9.92. The molecule has 0 aliphatic carbocycles. The monoisotopic (exact) mass is 257 g/mol. The molecular weight excluding hydrogens is 234 g/mol. The minimum absolute atomic E-state index is 0.153. The highest BCUT2D eigenvalue weighted by Crippen LogP contribution is 2.25. The van der Waals surface area contributed by atoms with E-state index in [1.165, 1.54) is 0 Å². The van der Waals surface area contributed by atoms with Gasteiger partial charge in [0.05, 0.1) is 25.3 Å². The SMILES string of the molecule is CC(C)(C)OC(=O)NN1[C@@H]2COC[C@H]1CC(N)C2. The van der Waals surface area contributed by atoms with Crippen LogP contribution >= 0.6 is 0 Å². The van der Waals surface area contributed by atoms with Crippen molar-refractivity contribution in [2.24, 2.45) is 5.73 Å². The molecule has 0 spiro atoms. The highest BCUT2D eigenvalue weighted by molar-refractivity contribution is 5.67. The smallest absolute Gasteiger partial charge is 0.422 e. The molecule has 6 nitrogen and oxygen atoms in total. The molecule has 2 rings (SSSR count). The number of carbonyl (C=O) groups is 1. The molecule has 18 heavy (non-hydrogen) atoms. The van der Waals surface area contributed by atoms with Crippen LogP contribution in [0.15, 0.2) is 0 Å². The topological polar surface area (TPSA) is 76.8 Å². The number of nitrogens with one attached hydrogen (secondary N) is 1. The molecular formula is C12H23N3O3. The van der Waals surface area contributed by atoms with E-state index in [9.17, 15) is 4.79 Å². The summed E-state index contributed by atoms with van der Waals surface area (Å²) in [6.07, 6.45) is 1.27. The van der Waals surface area contributed by atoms with Crippen molar-refractivity contribution in [2.75, 3.05) is 13.2 Å². The van der Waals surface area contributed by atoms with E-state index in [0.29, 0.717) is 13.2 Å². The van der Waals surface area contributed by atoms with E-state index in [2.05, 4.69) is 5.43 Å². The number of amides is 1. The first-order valence-corrected chi connectivity index (χ1v) is 6.46. The molecule has 2 bridgehead atoms. The lowest BCUT2D eigenvalue weighted by molar-refractivity contribution is -0.103. The molecule has 2 saturated heterocycles. The summed E-state index contributed by atoms with van der Waals surface area (Å²) < 4.78 is 10.8. The number of fused-ring (bicyclic) bond motifs is 2. The maximum atomic E-state index is 11.8. The Morgan fingerprint density at radius 3 is 2.39 bits per heavy atom. The second kappa shape index (κ2) is 5.03. The van der Waals surface area contributed by atoms with Crippen molar-refractivity contribution in [3.05, 3.63) is 0 Å². The fraction of sp³-hybridized carbons (Fsp3) is 0.917. The van der Waals surface area contributed by atoms with Crippen molar-refractivity contribution in [3.8, 4) is 0 Å². The van der Waals surface area contributed by atoms with Gasteiger partial charge in [0.2, 0.25) is 0 Å². The zero-order chi connectivity index (χ0) is 13.3. The number of hydrogen-bond donors (Lipinski definition) is 2. The molecule has 0 aromatic carbocycles. The third kappa shape index (κ3) is 3.34. The van der Waals surface area contributed by atoms with Crippen LogP contribution in [0.1, 0.15) is 33.6 Å². The summed E-state index contributed by atoms with van der Waals surface area (Å²) >= 11 is 0. The van der Waals surface area contributed by atoms with Crippen molar-refractivity contribution in [3.63, 3.8) is 0 Å². The summed E-state index contributed by atoms with van der Waals surface area (Å²) in [4.78, 5) is 11.8. The first kappa shape index (κ1) is 13.6. The fourth-order valence-corrected chi connectivity index (χ4v) is 2.55. The maximum absolute atomic E-state index is 11.8. The normalized spacial score (nSPS) is 33.0. The number of hydrazine groups is 1. The molecule has 2 fully saturated rings. The summed E-state index contributed by atoms with van der Waals surface area (Å²) in [5.74, 6) is 0. The number of nitrogens with zero attached hydrogens (tertiary/aromatic N) is 1. The Hall–Kier alpha value is -0.850. The average molecular weight is 257 g/mol. The predicted molar refractivity (Wildman–Crippen MR) is 66.8 cm³/mol. The molecule has 0 radical (unpaired) electrons. The molecule has 2 heterocycles. The zero-order valence-electron chi connectivity index (χ0n) is 11.3. The number of rotatable bonds is 1. The average Bonchev–Trinajstić information content (AvgIpc) is 2.16. The van der Waals surface area contributed by atoms with Gasteiger partial charge in [-0.3, -0.25) is 5.43 Å². The fourth-order valence-electron chi connectivity index (χ4n) is 2.55. The van der Waals surface area contributed by atoms with E-state index in [0.717, 1.165) is 12.8 Å². The maximum Gasteiger partial charge on any atom is 0.422 e. The molecule has 0 aromatic rings.